The van der Waals surface area contributed by atoms with E-state index in [1.54, 1.807) is 24.5 Å². The van der Waals surface area contributed by atoms with Crippen molar-refractivity contribution in [2.75, 3.05) is 0 Å². The number of aromatic amines is 1. The number of carbonyl (C=O) groups excluding carboxylic acids is 1. The SMILES string of the molecule is O=C(OC(Cc1c(Cl)cccc1Cl)NCc1ccc(-c2ccc3[nH]cnc3c2)cc1)C(F)(F)F. The summed E-state index contributed by atoms with van der Waals surface area (Å²) in [4.78, 5) is 18.8. The van der Waals surface area contributed by atoms with Gasteiger partial charge in [0.25, 0.3) is 0 Å². The molecule has 0 spiro atoms. The quantitative estimate of drug-likeness (QED) is 0.227. The van der Waals surface area contributed by atoms with Crippen molar-refractivity contribution >= 4 is 40.2 Å². The largest absolute Gasteiger partial charge is 0.490 e. The van der Waals surface area contributed by atoms with Gasteiger partial charge in [-0.1, -0.05) is 59.6 Å². The smallest absolute Gasteiger partial charge is 0.440 e. The number of halogens is 5. The number of hydrogen-bond acceptors (Lipinski definition) is 4. The van der Waals surface area contributed by atoms with E-state index >= 15 is 0 Å². The van der Waals surface area contributed by atoms with Gasteiger partial charge < -0.3 is 9.72 Å². The van der Waals surface area contributed by atoms with E-state index in [4.69, 9.17) is 23.2 Å². The van der Waals surface area contributed by atoms with Crippen molar-refractivity contribution in [1.29, 1.82) is 0 Å². The first-order chi connectivity index (χ1) is 16.2. The van der Waals surface area contributed by atoms with Gasteiger partial charge in [-0.05, 0) is 46.5 Å². The Morgan fingerprint density at radius 2 is 1.71 bits per heavy atom. The Morgan fingerprint density at radius 3 is 2.38 bits per heavy atom. The first kappa shape index (κ1) is 24.1. The molecule has 5 nitrogen and oxygen atoms in total. The van der Waals surface area contributed by atoms with Gasteiger partial charge in [0.1, 0.15) is 0 Å². The molecule has 1 unspecified atom stereocenters. The molecule has 176 valence electrons. The van der Waals surface area contributed by atoms with Crippen molar-refractivity contribution < 1.29 is 22.7 Å². The molecule has 2 N–H and O–H groups in total. The number of carbonyl (C=O) groups is 1. The fraction of sp³-hybridized carbons (Fsp3) is 0.167. The monoisotopic (exact) mass is 507 g/mol. The van der Waals surface area contributed by atoms with Gasteiger partial charge in [-0.2, -0.15) is 13.2 Å². The number of imidazole rings is 1. The van der Waals surface area contributed by atoms with Crippen molar-refractivity contribution in [1.82, 2.24) is 15.3 Å². The lowest BCUT2D eigenvalue weighted by Crippen LogP contribution is -2.39. The summed E-state index contributed by atoms with van der Waals surface area (Å²) in [5.74, 6) is -2.29. The third kappa shape index (κ3) is 5.70. The Bertz CT molecular complexity index is 1290. The Hall–Kier alpha value is -3.07. The fourth-order valence-corrected chi connectivity index (χ4v) is 3.97. The van der Waals surface area contributed by atoms with Gasteiger partial charge in [-0.3, -0.25) is 5.32 Å². The minimum absolute atomic E-state index is 0.137. The molecule has 0 amide bonds. The molecule has 34 heavy (non-hydrogen) atoms. The Labute approximate surface area is 202 Å². The van der Waals surface area contributed by atoms with E-state index in [0.717, 1.165) is 27.7 Å². The van der Waals surface area contributed by atoms with Crippen molar-refractivity contribution in [2.24, 2.45) is 0 Å². The molecule has 1 heterocycles. The molecule has 4 aromatic rings. The molecular weight excluding hydrogens is 490 g/mol. The molecule has 1 aromatic heterocycles. The molecule has 0 radical (unpaired) electrons. The molecule has 3 aromatic carbocycles. The zero-order valence-electron chi connectivity index (χ0n) is 17.5. The molecule has 4 rings (SSSR count). The van der Waals surface area contributed by atoms with Crippen molar-refractivity contribution in [3.05, 3.63) is 88.2 Å². The minimum Gasteiger partial charge on any atom is -0.440 e. The number of aromatic nitrogens is 2. The molecule has 1 atom stereocenters. The minimum atomic E-state index is -5.12. The van der Waals surface area contributed by atoms with E-state index in [2.05, 4.69) is 20.0 Å². The summed E-state index contributed by atoms with van der Waals surface area (Å²) >= 11 is 12.3. The van der Waals surface area contributed by atoms with Crippen LogP contribution in [0.3, 0.4) is 0 Å². The number of ether oxygens (including phenoxy) is 1. The fourth-order valence-electron chi connectivity index (χ4n) is 3.42. The van der Waals surface area contributed by atoms with Gasteiger partial charge in [-0.25, -0.2) is 9.78 Å². The maximum atomic E-state index is 12.8. The average Bonchev–Trinajstić information content (AvgIpc) is 3.27. The van der Waals surface area contributed by atoms with E-state index in [1.165, 1.54) is 0 Å². The highest BCUT2D eigenvalue weighted by molar-refractivity contribution is 6.36. The van der Waals surface area contributed by atoms with Gasteiger partial charge in [0.15, 0.2) is 6.23 Å². The summed E-state index contributed by atoms with van der Waals surface area (Å²) in [6, 6.07) is 18.1. The summed E-state index contributed by atoms with van der Waals surface area (Å²) < 4.78 is 43.0. The van der Waals surface area contributed by atoms with E-state index in [1.807, 2.05) is 42.5 Å². The summed E-state index contributed by atoms with van der Waals surface area (Å²) in [6.07, 6.45) is -4.93. The first-order valence-corrected chi connectivity index (χ1v) is 10.9. The second-order valence-corrected chi connectivity index (χ2v) is 8.32. The summed E-state index contributed by atoms with van der Waals surface area (Å²) in [5, 5.41) is 3.38. The predicted octanol–water partition coefficient (Wildman–Crippen LogP) is 6.30. The molecular formula is C24H18Cl2F3N3O2. The number of nitrogens with one attached hydrogen (secondary N) is 2. The van der Waals surface area contributed by atoms with Crippen LogP contribution in [0.1, 0.15) is 11.1 Å². The number of fused-ring (bicyclic) bond motifs is 1. The van der Waals surface area contributed by atoms with Crippen LogP contribution in [0, 0.1) is 0 Å². The predicted molar refractivity (Wildman–Crippen MR) is 124 cm³/mol. The van der Waals surface area contributed by atoms with Crippen LogP contribution in [0.15, 0.2) is 67.0 Å². The van der Waals surface area contributed by atoms with Crippen LogP contribution in [-0.2, 0) is 22.5 Å². The molecule has 0 bridgehead atoms. The van der Waals surface area contributed by atoms with E-state index in [-0.39, 0.29) is 23.0 Å². The molecule has 0 saturated carbocycles. The zero-order chi connectivity index (χ0) is 24.3. The van der Waals surface area contributed by atoms with Gasteiger partial charge in [0.05, 0.1) is 17.4 Å². The van der Waals surface area contributed by atoms with Gasteiger partial charge in [-0.15, -0.1) is 0 Å². The Balaban J connectivity index is 1.48. The molecule has 0 saturated heterocycles. The molecule has 0 fully saturated rings. The normalized spacial score (nSPS) is 12.6. The summed E-state index contributed by atoms with van der Waals surface area (Å²) in [7, 11) is 0. The lowest BCUT2D eigenvalue weighted by atomic mass is 10.0. The molecule has 0 aliphatic carbocycles. The topological polar surface area (TPSA) is 67.0 Å². The number of rotatable bonds is 7. The summed E-state index contributed by atoms with van der Waals surface area (Å²) in [6.45, 7) is 0.149. The van der Waals surface area contributed by atoms with Crippen LogP contribution in [0.4, 0.5) is 13.2 Å². The average molecular weight is 508 g/mol. The number of benzene rings is 3. The van der Waals surface area contributed by atoms with Crippen LogP contribution in [0.2, 0.25) is 10.0 Å². The molecule has 10 heteroatoms. The van der Waals surface area contributed by atoms with Crippen molar-refractivity contribution in [3.63, 3.8) is 0 Å². The number of nitrogens with zero attached hydrogens (tertiary/aromatic N) is 1. The van der Waals surface area contributed by atoms with Gasteiger partial charge >= 0.3 is 12.1 Å². The number of esters is 1. The number of alkyl halides is 3. The molecule has 0 aliphatic heterocycles. The van der Waals surface area contributed by atoms with Crippen LogP contribution in [-0.4, -0.2) is 28.3 Å². The molecule has 0 aliphatic rings. The lowest BCUT2D eigenvalue weighted by molar-refractivity contribution is -0.206. The number of hydrogen-bond donors (Lipinski definition) is 2. The van der Waals surface area contributed by atoms with E-state index in [9.17, 15) is 18.0 Å². The lowest BCUT2D eigenvalue weighted by Gasteiger charge is -2.21. The first-order valence-electron chi connectivity index (χ1n) is 10.2. The van der Waals surface area contributed by atoms with Gasteiger partial charge in [0.2, 0.25) is 0 Å². The Kier molecular flexibility index (Phi) is 7.11. The van der Waals surface area contributed by atoms with Crippen LogP contribution in [0.25, 0.3) is 22.2 Å². The van der Waals surface area contributed by atoms with Crippen LogP contribution < -0.4 is 5.32 Å². The highest BCUT2D eigenvalue weighted by Gasteiger charge is 2.42. The standard InChI is InChI=1S/C24H18Cl2F3N3O2/c25-18-2-1-3-19(26)17(18)11-22(34-23(33)24(27,28)29)30-12-14-4-6-15(7-5-14)16-8-9-20-21(10-16)32-13-31-20/h1-10,13,22,30H,11-12H2,(H,31,32). The third-order valence-corrected chi connectivity index (χ3v) is 5.88. The zero-order valence-corrected chi connectivity index (χ0v) is 19.0. The van der Waals surface area contributed by atoms with E-state index < -0.39 is 18.4 Å². The van der Waals surface area contributed by atoms with Crippen LogP contribution in [0.5, 0.6) is 0 Å². The number of H-pyrrole nitrogens is 1. The second-order valence-electron chi connectivity index (χ2n) is 7.51. The third-order valence-electron chi connectivity index (χ3n) is 5.17. The van der Waals surface area contributed by atoms with Gasteiger partial charge in [0, 0.05) is 23.0 Å². The van der Waals surface area contributed by atoms with Crippen molar-refractivity contribution in [3.8, 4) is 11.1 Å². The highest BCUT2D eigenvalue weighted by atomic mass is 35.5. The van der Waals surface area contributed by atoms with E-state index in [0.29, 0.717) is 5.56 Å². The van der Waals surface area contributed by atoms with Crippen molar-refractivity contribution in [2.45, 2.75) is 25.4 Å². The Morgan fingerprint density at radius 1 is 1.03 bits per heavy atom. The highest BCUT2D eigenvalue weighted by Crippen LogP contribution is 2.27. The maximum Gasteiger partial charge on any atom is 0.490 e. The second kappa shape index (κ2) is 10.0. The van der Waals surface area contributed by atoms with Crippen LogP contribution >= 0.6 is 23.2 Å². The maximum absolute atomic E-state index is 12.8. The summed E-state index contributed by atoms with van der Waals surface area (Å²) in [5.41, 5.74) is 4.87.